The van der Waals surface area contributed by atoms with Crippen LogP contribution in [0.1, 0.15) is 18.4 Å². The zero-order valence-electron chi connectivity index (χ0n) is 8.73. The molecule has 3 N–H and O–H groups in total. The predicted molar refractivity (Wildman–Crippen MR) is 55.5 cm³/mol. The molecule has 1 unspecified atom stereocenters. The molecule has 1 aromatic rings. The van der Waals surface area contributed by atoms with Gasteiger partial charge in [-0.3, -0.25) is 0 Å². The van der Waals surface area contributed by atoms with Gasteiger partial charge in [0.25, 0.3) is 0 Å². The van der Waals surface area contributed by atoms with E-state index in [0.29, 0.717) is 11.5 Å². The van der Waals surface area contributed by atoms with Crippen LogP contribution in [0.25, 0.3) is 0 Å². The molecule has 0 aliphatic heterocycles. The first kappa shape index (κ1) is 12.2. The van der Waals surface area contributed by atoms with Gasteiger partial charge >= 0.3 is 0 Å². The Bertz CT molecular complexity index is 413. The van der Waals surface area contributed by atoms with Crippen LogP contribution in [0.15, 0.2) is 10.6 Å². The lowest BCUT2D eigenvalue weighted by atomic mass is 10.4. The third-order valence-corrected chi connectivity index (χ3v) is 3.79. The van der Waals surface area contributed by atoms with Crippen molar-refractivity contribution in [3.8, 4) is 0 Å². The Morgan fingerprint density at radius 1 is 1.67 bits per heavy atom. The number of aryl methyl sites for hydroxylation is 1. The van der Waals surface area contributed by atoms with Gasteiger partial charge in [0.05, 0.1) is 17.5 Å². The quantitative estimate of drug-likeness (QED) is 0.730. The monoisotopic (exact) mass is 233 g/mol. The molecular weight excluding hydrogens is 218 g/mol. The fourth-order valence-corrected chi connectivity index (χ4v) is 1.83. The van der Waals surface area contributed by atoms with Crippen molar-refractivity contribution in [1.29, 1.82) is 0 Å². The smallest absolute Gasteiger partial charge is 0.215 e. The Morgan fingerprint density at radius 2 is 2.33 bits per heavy atom. The van der Waals surface area contributed by atoms with Crippen LogP contribution in [0.3, 0.4) is 0 Å². The fourth-order valence-electron chi connectivity index (χ4n) is 0.945. The summed E-state index contributed by atoms with van der Waals surface area (Å²) >= 11 is 0. The number of hydrogen-bond donors (Lipinski definition) is 2. The van der Waals surface area contributed by atoms with Crippen LogP contribution in [0, 0.1) is 6.92 Å². The largest absolute Gasteiger partial charge is 0.361 e. The van der Waals surface area contributed by atoms with E-state index < -0.39 is 15.3 Å². The first-order valence-electron chi connectivity index (χ1n) is 4.56. The van der Waals surface area contributed by atoms with Crippen molar-refractivity contribution in [2.24, 2.45) is 5.73 Å². The molecule has 0 amide bonds. The highest BCUT2D eigenvalue weighted by molar-refractivity contribution is 7.90. The molecule has 0 saturated carbocycles. The molecule has 0 spiro atoms. The molecule has 0 fully saturated rings. The van der Waals surface area contributed by atoms with E-state index in [1.807, 2.05) is 0 Å². The molecule has 0 aromatic carbocycles. The van der Waals surface area contributed by atoms with Gasteiger partial charge in [-0.1, -0.05) is 5.16 Å². The van der Waals surface area contributed by atoms with Gasteiger partial charge in [-0.25, -0.2) is 13.1 Å². The van der Waals surface area contributed by atoms with E-state index in [9.17, 15) is 8.42 Å². The minimum Gasteiger partial charge on any atom is -0.361 e. The molecule has 86 valence electrons. The van der Waals surface area contributed by atoms with Gasteiger partial charge in [0.15, 0.2) is 0 Å². The standard InChI is InChI=1S/C8H15N3O3S/c1-6-3-8(11-14-6)5-10-15(12,13)7(2)4-9/h3,7,10H,4-5,9H2,1-2H3. The molecule has 0 aliphatic carbocycles. The molecule has 15 heavy (non-hydrogen) atoms. The van der Waals surface area contributed by atoms with E-state index in [-0.39, 0.29) is 13.1 Å². The SMILES string of the molecule is Cc1cc(CNS(=O)(=O)C(C)CN)no1. The fraction of sp³-hybridized carbons (Fsp3) is 0.625. The number of nitrogens with two attached hydrogens (primary N) is 1. The lowest BCUT2D eigenvalue weighted by Gasteiger charge is -2.10. The second kappa shape index (κ2) is 4.73. The number of nitrogens with one attached hydrogen (secondary N) is 1. The second-order valence-corrected chi connectivity index (χ2v) is 5.52. The van der Waals surface area contributed by atoms with Gasteiger partial charge in [-0.2, -0.15) is 0 Å². The van der Waals surface area contributed by atoms with Crippen molar-refractivity contribution < 1.29 is 12.9 Å². The van der Waals surface area contributed by atoms with Crippen molar-refractivity contribution in [3.63, 3.8) is 0 Å². The third-order valence-electron chi connectivity index (χ3n) is 1.99. The highest BCUT2D eigenvalue weighted by Crippen LogP contribution is 2.03. The number of aromatic nitrogens is 1. The van der Waals surface area contributed by atoms with E-state index in [1.54, 1.807) is 19.9 Å². The highest BCUT2D eigenvalue weighted by atomic mass is 32.2. The average molecular weight is 233 g/mol. The van der Waals surface area contributed by atoms with Gasteiger partial charge in [-0.15, -0.1) is 0 Å². The van der Waals surface area contributed by atoms with E-state index >= 15 is 0 Å². The van der Waals surface area contributed by atoms with Crippen molar-refractivity contribution in [3.05, 3.63) is 17.5 Å². The highest BCUT2D eigenvalue weighted by Gasteiger charge is 2.18. The number of rotatable bonds is 5. The van der Waals surface area contributed by atoms with Gasteiger partial charge < -0.3 is 10.3 Å². The van der Waals surface area contributed by atoms with Crippen LogP contribution in [-0.2, 0) is 16.6 Å². The van der Waals surface area contributed by atoms with Gasteiger partial charge in [0.2, 0.25) is 10.0 Å². The minimum absolute atomic E-state index is 0.0905. The van der Waals surface area contributed by atoms with E-state index in [1.165, 1.54) is 0 Å². The Labute approximate surface area is 88.9 Å². The minimum atomic E-state index is -3.36. The second-order valence-electron chi connectivity index (χ2n) is 3.34. The van der Waals surface area contributed by atoms with Crippen LogP contribution in [-0.4, -0.2) is 25.4 Å². The summed E-state index contributed by atoms with van der Waals surface area (Å²) in [7, 11) is -3.36. The molecule has 7 heteroatoms. The van der Waals surface area contributed by atoms with Crippen LogP contribution >= 0.6 is 0 Å². The van der Waals surface area contributed by atoms with Crippen LogP contribution in [0.2, 0.25) is 0 Å². The molecule has 1 aromatic heterocycles. The van der Waals surface area contributed by atoms with Crippen molar-refractivity contribution in [2.75, 3.05) is 6.54 Å². The zero-order chi connectivity index (χ0) is 11.5. The van der Waals surface area contributed by atoms with Crippen molar-refractivity contribution in [1.82, 2.24) is 9.88 Å². The Balaban J connectivity index is 2.57. The maximum absolute atomic E-state index is 11.5. The summed E-state index contributed by atoms with van der Waals surface area (Å²) in [5.41, 5.74) is 5.83. The summed E-state index contributed by atoms with van der Waals surface area (Å²) in [6.07, 6.45) is 0. The molecule has 0 bridgehead atoms. The predicted octanol–water partition coefficient (Wildman–Crippen LogP) is -0.250. The first-order valence-corrected chi connectivity index (χ1v) is 6.11. The van der Waals surface area contributed by atoms with Gasteiger partial charge in [0, 0.05) is 12.6 Å². The molecule has 6 nitrogen and oxygen atoms in total. The normalized spacial score (nSPS) is 14.1. The Hall–Kier alpha value is -0.920. The van der Waals surface area contributed by atoms with Crippen LogP contribution in [0.4, 0.5) is 0 Å². The van der Waals surface area contributed by atoms with Gasteiger partial charge in [0.1, 0.15) is 5.76 Å². The zero-order valence-corrected chi connectivity index (χ0v) is 9.54. The van der Waals surface area contributed by atoms with E-state index in [0.717, 1.165) is 0 Å². The summed E-state index contributed by atoms with van der Waals surface area (Å²) < 4.78 is 30.2. The van der Waals surface area contributed by atoms with Crippen molar-refractivity contribution >= 4 is 10.0 Å². The van der Waals surface area contributed by atoms with Crippen LogP contribution in [0.5, 0.6) is 0 Å². The molecule has 0 radical (unpaired) electrons. The summed E-state index contributed by atoms with van der Waals surface area (Å²) in [4.78, 5) is 0. The van der Waals surface area contributed by atoms with E-state index in [2.05, 4.69) is 9.88 Å². The number of nitrogens with zero attached hydrogens (tertiary/aromatic N) is 1. The first-order chi connectivity index (χ1) is 6.95. The topological polar surface area (TPSA) is 98.2 Å². The Kier molecular flexibility index (Phi) is 3.83. The Morgan fingerprint density at radius 3 is 2.80 bits per heavy atom. The molecule has 1 atom stereocenters. The number of hydrogen-bond acceptors (Lipinski definition) is 5. The summed E-state index contributed by atoms with van der Waals surface area (Å²) in [6, 6.07) is 1.68. The van der Waals surface area contributed by atoms with E-state index in [4.69, 9.17) is 10.3 Å². The molecule has 0 saturated heterocycles. The average Bonchev–Trinajstić information content (AvgIpc) is 2.60. The summed E-state index contributed by atoms with van der Waals surface area (Å²) in [5, 5.41) is 3.06. The lowest BCUT2D eigenvalue weighted by Crippen LogP contribution is -2.36. The van der Waals surface area contributed by atoms with Crippen molar-refractivity contribution in [2.45, 2.75) is 25.6 Å². The van der Waals surface area contributed by atoms with Gasteiger partial charge in [-0.05, 0) is 13.8 Å². The lowest BCUT2D eigenvalue weighted by molar-refractivity contribution is 0.390. The molecule has 1 rings (SSSR count). The number of sulfonamides is 1. The summed E-state index contributed by atoms with van der Waals surface area (Å²) in [5.74, 6) is 0.649. The maximum atomic E-state index is 11.5. The maximum Gasteiger partial charge on any atom is 0.215 e. The molecule has 1 heterocycles. The van der Waals surface area contributed by atoms with Crippen LogP contribution < -0.4 is 10.5 Å². The molecular formula is C8H15N3O3S. The third kappa shape index (κ3) is 3.29. The molecule has 0 aliphatic rings. The summed E-state index contributed by atoms with van der Waals surface area (Å²) in [6.45, 7) is 3.51.